The van der Waals surface area contributed by atoms with Crippen LogP contribution in [0.2, 0.25) is 5.02 Å². The normalized spacial score (nSPS) is 15.4. The zero-order valence-corrected chi connectivity index (χ0v) is 16.3. The summed E-state index contributed by atoms with van der Waals surface area (Å²) in [5.74, 6) is 0.785. The van der Waals surface area contributed by atoms with Gasteiger partial charge in [-0.15, -0.1) is 0 Å². The summed E-state index contributed by atoms with van der Waals surface area (Å²) in [6.45, 7) is 2.38. The Hall–Kier alpha value is -2.46. The van der Waals surface area contributed by atoms with Gasteiger partial charge in [0.25, 0.3) is 0 Å². The Morgan fingerprint density at radius 2 is 1.93 bits per heavy atom. The van der Waals surface area contributed by atoms with Crippen LogP contribution in [-0.4, -0.2) is 27.8 Å². The van der Waals surface area contributed by atoms with Gasteiger partial charge in [0.1, 0.15) is 5.82 Å². The van der Waals surface area contributed by atoms with Crippen molar-refractivity contribution >= 4 is 28.4 Å². The second kappa shape index (κ2) is 6.93. The fourth-order valence-corrected chi connectivity index (χ4v) is 4.15. The number of fused-ring (bicyclic) bond motifs is 1. The minimum Gasteiger partial charge on any atom is -0.337 e. The highest BCUT2D eigenvalue weighted by atomic mass is 35.5. The maximum absolute atomic E-state index is 13.3. The predicted octanol–water partition coefficient (Wildman–Crippen LogP) is 4.67. The lowest BCUT2D eigenvalue weighted by atomic mass is 9.63. The van der Waals surface area contributed by atoms with Gasteiger partial charge in [-0.1, -0.05) is 48.4 Å². The molecule has 0 saturated heterocycles. The Morgan fingerprint density at radius 1 is 1.15 bits per heavy atom. The van der Waals surface area contributed by atoms with Crippen LogP contribution in [0.5, 0.6) is 0 Å². The van der Waals surface area contributed by atoms with Crippen LogP contribution >= 0.6 is 11.6 Å². The number of carbonyl (C=O) groups excluding carboxylic acids is 1. The van der Waals surface area contributed by atoms with Crippen molar-refractivity contribution in [2.75, 3.05) is 7.05 Å². The lowest BCUT2D eigenvalue weighted by Gasteiger charge is -2.43. The van der Waals surface area contributed by atoms with Crippen LogP contribution in [0, 0.1) is 6.92 Å². The van der Waals surface area contributed by atoms with Crippen molar-refractivity contribution in [3.63, 3.8) is 0 Å². The first-order valence-corrected chi connectivity index (χ1v) is 9.61. The fourth-order valence-electron chi connectivity index (χ4n) is 3.96. The van der Waals surface area contributed by atoms with E-state index < -0.39 is 5.41 Å². The molecule has 4 rings (SSSR count). The van der Waals surface area contributed by atoms with E-state index >= 15 is 0 Å². The molecule has 2 aromatic carbocycles. The Labute approximate surface area is 164 Å². The smallest absolute Gasteiger partial charge is 0.233 e. The lowest BCUT2D eigenvalue weighted by Crippen LogP contribution is -2.49. The van der Waals surface area contributed by atoms with Gasteiger partial charge in [0, 0.05) is 23.2 Å². The molecule has 138 valence electrons. The molecule has 0 bridgehead atoms. The average Bonchev–Trinajstić information content (AvgIpc) is 2.61. The van der Waals surface area contributed by atoms with Crippen molar-refractivity contribution in [3.8, 4) is 0 Å². The van der Waals surface area contributed by atoms with Gasteiger partial charge in [0.15, 0.2) is 0 Å². The number of hydrogen-bond donors (Lipinski definition) is 0. The van der Waals surface area contributed by atoms with E-state index in [0.29, 0.717) is 17.4 Å². The number of carbonyl (C=O) groups is 1. The molecule has 1 fully saturated rings. The van der Waals surface area contributed by atoms with E-state index in [4.69, 9.17) is 11.6 Å². The lowest BCUT2D eigenvalue weighted by molar-refractivity contribution is -0.140. The first kappa shape index (κ1) is 17.9. The molecule has 1 heterocycles. The third-order valence-electron chi connectivity index (χ3n) is 5.56. The molecule has 1 aliphatic rings. The van der Waals surface area contributed by atoms with E-state index in [-0.39, 0.29) is 5.91 Å². The highest BCUT2D eigenvalue weighted by molar-refractivity contribution is 6.30. The van der Waals surface area contributed by atoms with Gasteiger partial charge in [-0.3, -0.25) is 4.79 Å². The van der Waals surface area contributed by atoms with Gasteiger partial charge >= 0.3 is 0 Å². The second-order valence-electron chi connectivity index (χ2n) is 7.35. The quantitative estimate of drug-likeness (QED) is 0.661. The SMILES string of the molecule is Cc1nc(CN(C)C(=O)C2(c3cccc(Cl)c3)CCC2)nc2ccccc12. The Morgan fingerprint density at radius 3 is 2.63 bits per heavy atom. The molecule has 0 atom stereocenters. The van der Waals surface area contributed by atoms with Crippen LogP contribution in [0.25, 0.3) is 10.9 Å². The largest absolute Gasteiger partial charge is 0.337 e. The number of rotatable bonds is 4. The van der Waals surface area contributed by atoms with Crippen molar-refractivity contribution in [3.05, 3.63) is 70.6 Å². The minimum atomic E-state index is -0.467. The molecule has 0 aliphatic heterocycles. The third kappa shape index (κ3) is 3.19. The van der Waals surface area contributed by atoms with Gasteiger partial charge in [0.05, 0.1) is 17.5 Å². The summed E-state index contributed by atoms with van der Waals surface area (Å²) < 4.78 is 0. The predicted molar refractivity (Wildman–Crippen MR) is 108 cm³/mol. The minimum absolute atomic E-state index is 0.116. The molecule has 1 aromatic heterocycles. The number of nitrogens with zero attached hydrogens (tertiary/aromatic N) is 3. The molecule has 0 unspecified atom stereocenters. The summed E-state index contributed by atoms with van der Waals surface area (Å²) in [6.07, 6.45) is 2.76. The van der Waals surface area contributed by atoms with Gasteiger partial charge in [-0.05, 0) is 43.5 Å². The Balaban J connectivity index is 1.61. The molecule has 1 saturated carbocycles. The van der Waals surface area contributed by atoms with Crippen molar-refractivity contribution < 1.29 is 4.79 Å². The number of hydrogen-bond acceptors (Lipinski definition) is 3. The Bertz CT molecular complexity index is 1010. The topological polar surface area (TPSA) is 46.1 Å². The van der Waals surface area contributed by atoms with Crippen LogP contribution in [0.15, 0.2) is 48.5 Å². The van der Waals surface area contributed by atoms with Gasteiger partial charge in [-0.2, -0.15) is 0 Å². The summed E-state index contributed by atoms with van der Waals surface area (Å²) in [4.78, 5) is 24.3. The number of benzene rings is 2. The molecular formula is C22H22ClN3O. The molecule has 5 heteroatoms. The summed E-state index contributed by atoms with van der Waals surface area (Å²) in [6, 6.07) is 15.6. The Kier molecular flexibility index (Phi) is 4.60. The van der Waals surface area contributed by atoms with E-state index in [1.807, 2.05) is 62.5 Å². The van der Waals surface area contributed by atoms with Crippen LogP contribution in [0.1, 0.15) is 36.3 Å². The maximum atomic E-state index is 13.3. The maximum Gasteiger partial charge on any atom is 0.233 e. The van der Waals surface area contributed by atoms with Crippen LogP contribution in [-0.2, 0) is 16.8 Å². The van der Waals surface area contributed by atoms with Gasteiger partial charge in [-0.25, -0.2) is 9.97 Å². The molecule has 4 nitrogen and oxygen atoms in total. The molecule has 0 radical (unpaired) electrons. The van der Waals surface area contributed by atoms with E-state index in [0.717, 1.165) is 41.4 Å². The molecule has 0 N–H and O–H groups in total. The molecule has 0 spiro atoms. The molecule has 3 aromatic rings. The first-order chi connectivity index (χ1) is 13.0. The standard InChI is InChI=1S/C22H22ClN3O/c1-15-18-9-3-4-10-19(18)25-20(24-15)14-26(2)21(27)22(11-6-12-22)16-7-5-8-17(23)13-16/h3-5,7-10,13H,6,11-12,14H2,1-2H3. The number of amides is 1. The van der Waals surface area contributed by atoms with E-state index in [9.17, 15) is 4.79 Å². The third-order valence-corrected chi connectivity index (χ3v) is 5.79. The molecular weight excluding hydrogens is 358 g/mol. The van der Waals surface area contributed by atoms with Crippen LogP contribution in [0.4, 0.5) is 0 Å². The molecule has 1 aliphatic carbocycles. The van der Waals surface area contributed by atoms with E-state index in [1.165, 1.54) is 0 Å². The monoisotopic (exact) mass is 379 g/mol. The van der Waals surface area contributed by atoms with Crippen LogP contribution in [0.3, 0.4) is 0 Å². The molecule has 27 heavy (non-hydrogen) atoms. The first-order valence-electron chi connectivity index (χ1n) is 9.23. The zero-order chi connectivity index (χ0) is 19.0. The van der Waals surface area contributed by atoms with Crippen molar-refractivity contribution in [2.24, 2.45) is 0 Å². The van der Waals surface area contributed by atoms with Crippen molar-refractivity contribution in [2.45, 2.75) is 38.1 Å². The number of likely N-dealkylation sites (N-methyl/N-ethyl adjacent to an activating group) is 1. The highest BCUT2D eigenvalue weighted by Gasteiger charge is 2.47. The summed E-state index contributed by atoms with van der Waals surface area (Å²) in [7, 11) is 1.83. The zero-order valence-electron chi connectivity index (χ0n) is 15.6. The summed E-state index contributed by atoms with van der Waals surface area (Å²) in [5, 5.41) is 1.72. The second-order valence-corrected chi connectivity index (χ2v) is 7.79. The average molecular weight is 380 g/mol. The highest BCUT2D eigenvalue weighted by Crippen LogP contribution is 2.45. The van der Waals surface area contributed by atoms with Crippen LogP contribution < -0.4 is 0 Å². The van der Waals surface area contributed by atoms with Crippen molar-refractivity contribution in [1.82, 2.24) is 14.9 Å². The number of para-hydroxylation sites is 1. The summed E-state index contributed by atoms with van der Waals surface area (Å²) in [5.41, 5.74) is 2.39. The van der Waals surface area contributed by atoms with Crippen molar-refractivity contribution in [1.29, 1.82) is 0 Å². The number of aromatic nitrogens is 2. The fraction of sp³-hybridized carbons (Fsp3) is 0.318. The van der Waals surface area contributed by atoms with Gasteiger partial charge in [0.2, 0.25) is 5.91 Å². The number of halogens is 1. The van der Waals surface area contributed by atoms with E-state index in [1.54, 1.807) is 4.90 Å². The summed E-state index contributed by atoms with van der Waals surface area (Å²) >= 11 is 6.17. The molecule has 1 amide bonds. The van der Waals surface area contributed by atoms with E-state index in [2.05, 4.69) is 9.97 Å². The van der Waals surface area contributed by atoms with Gasteiger partial charge < -0.3 is 4.90 Å². The number of aryl methyl sites for hydroxylation is 1.